The van der Waals surface area contributed by atoms with Crippen molar-refractivity contribution < 1.29 is 9.53 Å². The van der Waals surface area contributed by atoms with Crippen molar-refractivity contribution in [3.63, 3.8) is 0 Å². The number of hydrogen-bond donors (Lipinski definition) is 0. The Morgan fingerprint density at radius 3 is 1.69 bits per heavy atom. The molecule has 0 aromatic heterocycles. The van der Waals surface area contributed by atoms with E-state index in [1.807, 2.05) is 20.8 Å². The van der Waals surface area contributed by atoms with Crippen LogP contribution in [0.4, 0.5) is 4.79 Å². The van der Waals surface area contributed by atoms with Gasteiger partial charge in [0, 0.05) is 13.1 Å². The maximum absolute atomic E-state index is 11.5. The molecule has 0 atom stereocenters. The standard InChI is InChI=1S/C11H23NO2.C2H6/c1-6-14-11(13)12(7-9(2)3)8-10(4)5;1-2/h9-10H,6-8H2,1-5H3;1-2H3. The van der Waals surface area contributed by atoms with Crippen LogP contribution in [0.15, 0.2) is 0 Å². The quantitative estimate of drug-likeness (QED) is 0.720. The van der Waals surface area contributed by atoms with Crippen molar-refractivity contribution in [1.82, 2.24) is 4.90 Å². The fraction of sp³-hybridized carbons (Fsp3) is 0.923. The van der Waals surface area contributed by atoms with Crippen molar-refractivity contribution in [2.24, 2.45) is 11.8 Å². The number of carbonyl (C=O) groups is 1. The zero-order chi connectivity index (χ0) is 13.1. The zero-order valence-electron chi connectivity index (χ0n) is 12.0. The number of nitrogens with zero attached hydrogens (tertiary/aromatic N) is 1. The Morgan fingerprint density at radius 1 is 1.06 bits per heavy atom. The Balaban J connectivity index is 0. The molecule has 3 heteroatoms. The highest BCUT2D eigenvalue weighted by Crippen LogP contribution is 2.05. The molecule has 16 heavy (non-hydrogen) atoms. The van der Waals surface area contributed by atoms with Gasteiger partial charge in [-0.15, -0.1) is 0 Å². The van der Waals surface area contributed by atoms with Gasteiger partial charge in [0.15, 0.2) is 0 Å². The second kappa shape index (κ2) is 10.8. The van der Waals surface area contributed by atoms with Crippen LogP contribution >= 0.6 is 0 Å². The molecule has 0 aliphatic carbocycles. The fourth-order valence-electron chi connectivity index (χ4n) is 1.32. The van der Waals surface area contributed by atoms with E-state index in [1.165, 1.54) is 0 Å². The molecular formula is C13H29NO2. The molecule has 0 aliphatic rings. The third-order valence-corrected chi connectivity index (χ3v) is 1.70. The first kappa shape index (κ1) is 17.7. The van der Waals surface area contributed by atoms with Gasteiger partial charge in [-0.25, -0.2) is 4.79 Å². The predicted molar refractivity (Wildman–Crippen MR) is 69.6 cm³/mol. The minimum Gasteiger partial charge on any atom is -0.450 e. The maximum Gasteiger partial charge on any atom is 0.409 e. The van der Waals surface area contributed by atoms with E-state index in [0.29, 0.717) is 18.4 Å². The van der Waals surface area contributed by atoms with Gasteiger partial charge in [0.25, 0.3) is 0 Å². The zero-order valence-corrected chi connectivity index (χ0v) is 12.0. The summed E-state index contributed by atoms with van der Waals surface area (Å²) in [5.74, 6) is 0.969. The monoisotopic (exact) mass is 231 g/mol. The number of hydrogen-bond acceptors (Lipinski definition) is 2. The lowest BCUT2D eigenvalue weighted by molar-refractivity contribution is 0.0977. The van der Waals surface area contributed by atoms with Crippen molar-refractivity contribution in [1.29, 1.82) is 0 Å². The molecule has 0 saturated carbocycles. The van der Waals surface area contributed by atoms with E-state index in [1.54, 1.807) is 4.90 Å². The molecule has 98 valence electrons. The summed E-state index contributed by atoms with van der Waals surface area (Å²) in [6.07, 6.45) is -0.185. The molecule has 0 aromatic carbocycles. The number of amides is 1. The van der Waals surface area contributed by atoms with Gasteiger partial charge in [-0.3, -0.25) is 0 Å². The average molecular weight is 231 g/mol. The lowest BCUT2D eigenvalue weighted by Crippen LogP contribution is -2.37. The van der Waals surface area contributed by atoms with Crippen molar-refractivity contribution >= 4 is 6.09 Å². The average Bonchev–Trinajstić information content (AvgIpc) is 2.19. The molecule has 0 unspecified atom stereocenters. The minimum absolute atomic E-state index is 0.185. The van der Waals surface area contributed by atoms with Crippen LogP contribution < -0.4 is 0 Å². The van der Waals surface area contributed by atoms with Gasteiger partial charge in [-0.2, -0.15) is 0 Å². The van der Waals surface area contributed by atoms with Gasteiger partial charge < -0.3 is 9.64 Å². The van der Waals surface area contributed by atoms with E-state index in [4.69, 9.17) is 4.74 Å². The lowest BCUT2D eigenvalue weighted by Gasteiger charge is -2.25. The normalized spacial score (nSPS) is 9.81. The Morgan fingerprint density at radius 2 is 1.44 bits per heavy atom. The Bertz CT molecular complexity index is 157. The van der Waals surface area contributed by atoms with Gasteiger partial charge in [0.1, 0.15) is 0 Å². The second-order valence-corrected chi connectivity index (χ2v) is 4.39. The summed E-state index contributed by atoms with van der Waals surface area (Å²) < 4.78 is 4.99. The van der Waals surface area contributed by atoms with Crippen molar-refractivity contribution in [2.45, 2.75) is 48.5 Å². The van der Waals surface area contributed by atoms with Gasteiger partial charge in [0.2, 0.25) is 0 Å². The van der Waals surface area contributed by atoms with Crippen LogP contribution in [-0.4, -0.2) is 30.7 Å². The van der Waals surface area contributed by atoms with Crippen LogP contribution in [-0.2, 0) is 4.74 Å². The second-order valence-electron chi connectivity index (χ2n) is 4.39. The van der Waals surface area contributed by atoms with E-state index in [0.717, 1.165) is 13.1 Å². The van der Waals surface area contributed by atoms with Crippen molar-refractivity contribution in [2.75, 3.05) is 19.7 Å². The van der Waals surface area contributed by atoms with Crippen LogP contribution in [0.3, 0.4) is 0 Å². The first-order valence-electron chi connectivity index (χ1n) is 6.39. The van der Waals surface area contributed by atoms with Gasteiger partial charge in [0.05, 0.1) is 6.61 Å². The maximum atomic E-state index is 11.5. The highest BCUT2D eigenvalue weighted by molar-refractivity contribution is 5.67. The molecule has 0 fully saturated rings. The van der Waals surface area contributed by atoms with Crippen molar-refractivity contribution in [3.8, 4) is 0 Å². The third-order valence-electron chi connectivity index (χ3n) is 1.70. The summed E-state index contributed by atoms with van der Waals surface area (Å²) in [5, 5.41) is 0. The lowest BCUT2D eigenvalue weighted by atomic mass is 10.1. The first-order valence-corrected chi connectivity index (χ1v) is 6.39. The minimum atomic E-state index is -0.185. The van der Waals surface area contributed by atoms with Crippen LogP contribution in [0.1, 0.15) is 48.5 Å². The summed E-state index contributed by atoms with van der Waals surface area (Å²) in [5.41, 5.74) is 0. The first-order chi connectivity index (χ1) is 7.47. The molecule has 0 aromatic rings. The molecule has 0 bridgehead atoms. The van der Waals surface area contributed by atoms with Gasteiger partial charge >= 0.3 is 6.09 Å². The summed E-state index contributed by atoms with van der Waals surface area (Å²) in [6, 6.07) is 0. The van der Waals surface area contributed by atoms with Crippen LogP contribution in [0.2, 0.25) is 0 Å². The number of rotatable bonds is 5. The molecule has 0 saturated heterocycles. The summed E-state index contributed by atoms with van der Waals surface area (Å²) in [7, 11) is 0. The Kier molecular flexibility index (Phi) is 11.9. The van der Waals surface area contributed by atoms with Crippen LogP contribution in [0.5, 0.6) is 0 Å². The van der Waals surface area contributed by atoms with E-state index in [-0.39, 0.29) is 6.09 Å². The molecule has 1 amide bonds. The molecule has 0 rings (SSSR count). The molecular weight excluding hydrogens is 202 g/mol. The van der Waals surface area contributed by atoms with Gasteiger partial charge in [-0.1, -0.05) is 41.5 Å². The van der Waals surface area contributed by atoms with E-state index in [9.17, 15) is 4.79 Å². The molecule has 0 spiro atoms. The molecule has 0 aliphatic heterocycles. The number of ether oxygens (including phenoxy) is 1. The SMILES string of the molecule is CC.CCOC(=O)N(CC(C)C)CC(C)C. The van der Waals surface area contributed by atoms with Crippen LogP contribution in [0, 0.1) is 11.8 Å². The number of carbonyl (C=O) groups excluding carboxylic acids is 1. The smallest absolute Gasteiger partial charge is 0.409 e. The van der Waals surface area contributed by atoms with E-state index < -0.39 is 0 Å². The molecule has 3 nitrogen and oxygen atoms in total. The Labute approximate surface area is 101 Å². The third kappa shape index (κ3) is 9.81. The van der Waals surface area contributed by atoms with E-state index >= 15 is 0 Å². The highest BCUT2D eigenvalue weighted by atomic mass is 16.6. The van der Waals surface area contributed by atoms with Crippen LogP contribution in [0.25, 0.3) is 0 Å². The predicted octanol–water partition coefficient (Wildman–Crippen LogP) is 3.78. The fourth-order valence-corrected chi connectivity index (χ4v) is 1.32. The summed E-state index contributed by atoms with van der Waals surface area (Å²) in [6.45, 7) is 16.2. The topological polar surface area (TPSA) is 29.5 Å². The summed E-state index contributed by atoms with van der Waals surface area (Å²) >= 11 is 0. The molecule has 0 heterocycles. The largest absolute Gasteiger partial charge is 0.450 e. The molecule has 0 N–H and O–H groups in total. The van der Waals surface area contributed by atoms with Gasteiger partial charge in [-0.05, 0) is 18.8 Å². The summed E-state index contributed by atoms with van der Waals surface area (Å²) in [4.78, 5) is 13.3. The Hall–Kier alpha value is -0.730. The van der Waals surface area contributed by atoms with E-state index in [2.05, 4.69) is 27.7 Å². The molecule has 0 radical (unpaired) electrons. The van der Waals surface area contributed by atoms with Crippen molar-refractivity contribution in [3.05, 3.63) is 0 Å². The highest BCUT2D eigenvalue weighted by Gasteiger charge is 2.16.